The molecule has 3 rings (SSSR count). The zero-order chi connectivity index (χ0) is 16.9. The number of carbonyl (C=O) groups is 2. The second-order valence-corrected chi connectivity index (χ2v) is 6.68. The Balaban J connectivity index is 1.50. The fourth-order valence-electron chi connectivity index (χ4n) is 2.28. The van der Waals surface area contributed by atoms with Crippen LogP contribution in [0.3, 0.4) is 0 Å². The number of anilines is 2. The van der Waals surface area contributed by atoms with E-state index in [1.165, 1.54) is 5.56 Å². The standard InChI is InChI=1S/C18H18N2O3S/c1-12-2-5-14(6-3-12)24-9-8-17(21)19-13-4-7-16-15(10-13)20-18(22)11-23-16/h2-7,10H,8-9,11H2,1H3,(H,19,21)(H,20,22). The summed E-state index contributed by atoms with van der Waals surface area (Å²) in [7, 11) is 0. The monoisotopic (exact) mass is 342 g/mol. The summed E-state index contributed by atoms with van der Waals surface area (Å²) in [5.41, 5.74) is 2.45. The molecule has 2 aromatic carbocycles. The predicted octanol–water partition coefficient (Wildman–Crippen LogP) is 3.45. The molecule has 5 nitrogen and oxygen atoms in total. The van der Waals surface area contributed by atoms with Crippen molar-refractivity contribution in [1.29, 1.82) is 0 Å². The third-order valence-electron chi connectivity index (χ3n) is 3.52. The van der Waals surface area contributed by atoms with Gasteiger partial charge in [-0.25, -0.2) is 0 Å². The molecule has 2 aromatic rings. The van der Waals surface area contributed by atoms with E-state index < -0.39 is 0 Å². The van der Waals surface area contributed by atoms with Crippen LogP contribution in [0.1, 0.15) is 12.0 Å². The molecule has 24 heavy (non-hydrogen) atoms. The Morgan fingerprint density at radius 2 is 2.04 bits per heavy atom. The van der Waals surface area contributed by atoms with E-state index in [1.807, 2.05) is 6.92 Å². The number of ether oxygens (including phenoxy) is 1. The number of aryl methyl sites for hydroxylation is 1. The van der Waals surface area contributed by atoms with E-state index >= 15 is 0 Å². The highest BCUT2D eigenvalue weighted by Crippen LogP contribution is 2.30. The second kappa shape index (κ2) is 7.40. The fourth-order valence-corrected chi connectivity index (χ4v) is 3.13. The van der Waals surface area contributed by atoms with Crippen molar-refractivity contribution in [2.75, 3.05) is 23.0 Å². The van der Waals surface area contributed by atoms with Crippen molar-refractivity contribution < 1.29 is 14.3 Å². The van der Waals surface area contributed by atoms with E-state index in [9.17, 15) is 9.59 Å². The predicted molar refractivity (Wildman–Crippen MR) is 95.7 cm³/mol. The maximum absolute atomic E-state index is 12.0. The molecule has 0 bridgehead atoms. The van der Waals surface area contributed by atoms with E-state index in [2.05, 4.69) is 34.9 Å². The van der Waals surface area contributed by atoms with Crippen LogP contribution in [0.25, 0.3) is 0 Å². The van der Waals surface area contributed by atoms with Crippen LogP contribution in [0, 0.1) is 6.92 Å². The van der Waals surface area contributed by atoms with Crippen LogP contribution >= 0.6 is 11.8 Å². The Kier molecular flexibility index (Phi) is 5.05. The number of thioether (sulfide) groups is 1. The SMILES string of the molecule is Cc1ccc(SCCC(=O)Nc2ccc3c(c2)NC(=O)CO3)cc1. The zero-order valence-electron chi connectivity index (χ0n) is 13.3. The number of hydrogen-bond donors (Lipinski definition) is 2. The Hall–Kier alpha value is -2.47. The van der Waals surface area contributed by atoms with Crippen molar-refractivity contribution in [2.24, 2.45) is 0 Å². The number of amides is 2. The van der Waals surface area contributed by atoms with Gasteiger partial charge in [-0.2, -0.15) is 0 Å². The number of nitrogens with one attached hydrogen (secondary N) is 2. The lowest BCUT2D eigenvalue weighted by Crippen LogP contribution is -2.25. The third-order valence-corrected chi connectivity index (χ3v) is 4.53. The fraction of sp³-hybridized carbons (Fsp3) is 0.222. The molecule has 0 aliphatic carbocycles. The van der Waals surface area contributed by atoms with Crippen molar-refractivity contribution in [3.8, 4) is 5.75 Å². The molecule has 124 valence electrons. The molecule has 2 amide bonds. The number of benzene rings is 2. The molecule has 0 spiro atoms. The van der Waals surface area contributed by atoms with Crippen LogP contribution < -0.4 is 15.4 Å². The molecule has 0 saturated heterocycles. The molecular weight excluding hydrogens is 324 g/mol. The zero-order valence-corrected chi connectivity index (χ0v) is 14.1. The molecule has 0 saturated carbocycles. The topological polar surface area (TPSA) is 67.4 Å². The highest BCUT2D eigenvalue weighted by Gasteiger charge is 2.16. The van der Waals surface area contributed by atoms with E-state index in [0.29, 0.717) is 29.3 Å². The number of hydrogen-bond acceptors (Lipinski definition) is 4. The van der Waals surface area contributed by atoms with Crippen LogP contribution in [0.5, 0.6) is 5.75 Å². The first-order valence-electron chi connectivity index (χ1n) is 7.66. The summed E-state index contributed by atoms with van der Waals surface area (Å²) in [4.78, 5) is 24.5. The average Bonchev–Trinajstić information content (AvgIpc) is 2.56. The van der Waals surface area contributed by atoms with E-state index in [-0.39, 0.29) is 18.4 Å². The molecule has 1 aliphatic heterocycles. The lowest BCUT2D eigenvalue weighted by atomic mass is 10.2. The van der Waals surface area contributed by atoms with Gasteiger partial charge in [0.05, 0.1) is 5.69 Å². The maximum Gasteiger partial charge on any atom is 0.262 e. The molecular formula is C18H18N2O3S. The van der Waals surface area contributed by atoms with Gasteiger partial charge in [0.25, 0.3) is 5.91 Å². The van der Waals surface area contributed by atoms with Crippen LogP contribution in [-0.2, 0) is 9.59 Å². The van der Waals surface area contributed by atoms with Crippen LogP contribution in [0.4, 0.5) is 11.4 Å². The number of carbonyl (C=O) groups excluding carboxylic acids is 2. The Bertz CT molecular complexity index is 759. The summed E-state index contributed by atoms with van der Waals surface area (Å²) >= 11 is 1.65. The van der Waals surface area contributed by atoms with Crippen molar-refractivity contribution in [3.63, 3.8) is 0 Å². The van der Waals surface area contributed by atoms with Gasteiger partial charge in [0.2, 0.25) is 5.91 Å². The van der Waals surface area contributed by atoms with Crippen molar-refractivity contribution >= 4 is 35.0 Å². The summed E-state index contributed by atoms with van der Waals surface area (Å²) in [5, 5.41) is 5.57. The third kappa shape index (κ3) is 4.29. The minimum absolute atomic E-state index is 0.0228. The van der Waals surface area contributed by atoms with Gasteiger partial charge in [0, 0.05) is 22.8 Å². The normalized spacial score (nSPS) is 12.8. The summed E-state index contributed by atoms with van der Waals surface area (Å²) < 4.78 is 5.29. The average molecular weight is 342 g/mol. The van der Waals surface area contributed by atoms with E-state index in [1.54, 1.807) is 30.0 Å². The number of fused-ring (bicyclic) bond motifs is 1. The van der Waals surface area contributed by atoms with Gasteiger partial charge in [0.1, 0.15) is 5.75 Å². The molecule has 6 heteroatoms. The van der Waals surface area contributed by atoms with Gasteiger partial charge in [-0.3, -0.25) is 9.59 Å². The largest absolute Gasteiger partial charge is 0.482 e. The first-order chi connectivity index (χ1) is 11.6. The van der Waals surface area contributed by atoms with Crippen molar-refractivity contribution in [2.45, 2.75) is 18.2 Å². The first-order valence-corrected chi connectivity index (χ1v) is 8.65. The molecule has 0 fully saturated rings. The van der Waals surface area contributed by atoms with Gasteiger partial charge in [-0.05, 0) is 37.3 Å². The summed E-state index contributed by atoms with van der Waals surface area (Å²) in [5.74, 6) is 1.07. The van der Waals surface area contributed by atoms with Crippen LogP contribution in [0.15, 0.2) is 47.4 Å². The van der Waals surface area contributed by atoms with Crippen molar-refractivity contribution in [1.82, 2.24) is 0 Å². The van der Waals surface area contributed by atoms with Gasteiger partial charge in [-0.1, -0.05) is 17.7 Å². The van der Waals surface area contributed by atoms with E-state index in [0.717, 1.165) is 4.90 Å². The number of rotatable bonds is 5. The molecule has 0 unspecified atom stereocenters. The Labute approximate surface area is 144 Å². The molecule has 0 aromatic heterocycles. The highest BCUT2D eigenvalue weighted by molar-refractivity contribution is 7.99. The molecule has 2 N–H and O–H groups in total. The lowest BCUT2D eigenvalue weighted by Gasteiger charge is -2.18. The molecule has 1 aliphatic rings. The van der Waals surface area contributed by atoms with Crippen molar-refractivity contribution in [3.05, 3.63) is 48.0 Å². The molecule has 0 atom stereocenters. The van der Waals surface area contributed by atoms with Gasteiger partial charge in [-0.15, -0.1) is 11.8 Å². The summed E-state index contributed by atoms with van der Waals surface area (Å²) in [6.45, 7) is 2.07. The second-order valence-electron chi connectivity index (χ2n) is 5.51. The van der Waals surface area contributed by atoms with Gasteiger partial charge in [0.15, 0.2) is 6.61 Å². The highest BCUT2D eigenvalue weighted by atomic mass is 32.2. The Morgan fingerprint density at radius 3 is 2.83 bits per heavy atom. The van der Waals surface area contributed by atoms with E-state index in [4.69, 9.17) is 4.74 Å². The van der Waals surface area contributed by atoms with Crippen LogP contribution in [-0.4, -0.2) is 24.2 Å². The van der Waals surface area contributed by atoms with Crippen LogP contribution in [0.2, 0.25) is 0 Å². The van der Waals surface area contributed by atoms with Gasteiger partial charge >= 0.3 is 0 Å². The minimum atomic E-state index is -0.194. The molecule has 0 radical (unpaired) electrons. The first kappa shape index (κ1) is 16.4. The lowest BCUT2D eigenvalue weighted by molar-refractivity contribution is -0.118. The van der Waals surface area contributed by atoms with Gasteiger partial charge < -0.3 is 15.4 Å². The maximum atomic E-state index is 12.0. The minimum Gasteiger partial charge on any atom is -0.482 e. The summed E-state index contributed by atoms with van der Waals surface area (Å²) in [6.07, 6.45) is 0.415. The smallest absolute Gasteiger partial charge is 0.262 e. The summed E-state index contributed by atoms with van der Waals surface area (Å²) in [6, 6.07) is 13.5. The quantitative estimate of drug-likeness (QED) is 0.817. The Morgan fingerprint density at radius 1 is 1.25 bits per heavy atom. The molecule has 1 heterocycles.